The molecule has 0 atom stereocenters. The Labute approximate surface area is 158 Å². The Balaban J connectivity index is 1.99. The molecular formula is C17H26BrN3O3S. The van der Waals surface area contributed by atoms with Crippen molar-refractivity contribution in [3.63, 3.8) is 0 Å². The summed E-state index contributed by atoms with van der Waals surface area (Å²) in [5.74, 6) is -0.353. The fraction of sp³-hybridized carbons (Fsp3) is 0.588. The molecule has 0 bridgehead atoms. The monoisotopic (exact) mass is 431 g/mol. The maximum Gasteiger partial charge on any atom is 0.282 e. The van der Waals surface area contributed by atoms with Crippen molar-refractivity contribution in [3.8, 4) is 0 Å². The van der Waals surface area contributed by atoms with Crippen molar-refractivity contribution < 1.29 is 13.2 Å². The van der Waals surface area contributed by atoms with Gasteiger partial charge in [-0.25, -0.2) is 0 Å². The maximum atomic E-state index is 12.7. The number of anilines is 1. The van der Waals surface area contributed by atoms with Crippen LogP contribution in [0.15, 0.2) is 22.7 Å². The molecule has 6 nitrogen and oxygen atoms in total. The quantitative estimate of drug-likeness (QED) is 0.751. The number of likely N-dealkylation sites (N-methyl/N-ethyl adjacent to an activating group) is 1. The lowest BCUT2D eigenvalue weighted by molar-refractivity contribution is -0.116. The second-order valence-corrected chi connectivity index (χ2v) is 9.59. The van der Waals surface area contributed by atoms with E-state index >= 15 is 0 Å². The smallest absolute Gasteiger partial charge is 0.282 e. The molecule has 25 heavy (non-hydrogen) atoms. The number of benzene rings is 1. The van der Waals surface area contributed by atoms with Crippen molar-refractivity contribution in [3.05, 3.63) is 28.2 Å². The molecule has 0 radical (unpaired) electrons. The minimum absolute atomic E-state index is 0.0259. The summed E-state index contributed by atoms with van der Waals surface area (Å²) in [6.07, 6.45) is 5.03. The van der Waals surface area contributed by atoms with Crippen LogP contribution in [0.4, 0.5) is 5.69 Å². The van der Waals surface area contributed by atoms with Crippen LogP contribution in [0.5, 0.6) is 0 Å². The maximum absolute atomic E-state index is 12.7. The molecule has 0 spiro atoms. The van der Waals surface area contributed by atoms with Crippen LogP contribution in [-0.2, 0) is 15.0 Å². The summed E-state index contributed by atoms with van der Waals surface area (Å²) in [6, 6.07) is 5.55. The van der Waals surface area contributed by atoms with Crippen LogP contribution in [0.25, 0.3) is 0 Å². The van der Waals surface area contributed by atoms with Gasteiger partial charge in [0.1, 0.15) is 0 Å². The number of halogens is 1. The van der Waals surface area contributed by atoms with Crippen LogP contribution in [0.2, 0.25) is 0 Å². The van der Waals surface area contributed by atoms with E-state index in [1.165, 1.54) is 11.4 Å². The van der Waals surface area contributed by atoms with Gasteiger partial charge in [0, 0.05) is 30.3 Å². The second kappa shape index (κ2) is 8.62. The first kappa shape index (κ1) is 20.4. The van der Waals surface area contributed by atoms with E-state index in [0.717, 1.165) is 46.4 Å². The lowest BCUT2D eigenvalue weighted by Crippen LogP contribution is -2.47. The molecule has 140 valence electrons. The van der Waals surface area contributed by atoms with E-state index in [4.69, 9.17) is 0 Å². The molecule has 1 aromatic rings. The molecular weight excluding hydrogens is 406 g/mol. The predicted molar refractivity (Wildman–Crippen MR) is 104 cm³/mol. The SMILES string of the molecule is Cc1cc(Br)ccc1NC(=O)CN(C)S(=O)(=O)N(C)C1CCCCC1. The molecule has 1 aliphatic carbocycles. The van der Waals surface area contributed by atoms with Gasteiger partial charge in [-0.1, -0.05) is 35.2 Å². The zero-order valence-corrected chi connectivity index (χ0v) is 17.4. The van der Waals surface area contributed by atoms with Crippen molar-refractivity contribution in [2.24, 2.45) is 0 Å². The third-order valence-electron chi connectivity index (χ3n) is 4.68. The fourth-order valence-electron chi connectivity index (χ4n) is 3.09. The number of carbonyl (C=O) groups excluding carboxylic acids is 1. The minimum atomic E-state index is -3.64. The Morgan fingerprint density at radius 3 is 2.48 bits per heavy atom. The van der Waals surface area contributed by atoms with Gasteiger partial charge in [0.2, 0.25) is 5.91 Å². The van der Waals surface area contributed by atoms with Crippen LogP contribution in [0, 0.1) is 6.92 Å². The molecule has 1 fully saturated rings. The molecule has 1 N–H and O–H groups in total. The molecule has 0 aromatic heterocycles. The molecule has 1 aromatic carbocycles. The van der Waals surface area contributed by atoms with E-state index in [9.17, 15) is 13.2 Å². The lowest BCUT2D eigenvalue weighted by Gasteiger charge is -2.33. The average Bonchev–Trinajstić information content (AvgIpc) is 2.57. The van der Waals surface area contributed by atoms with Gasteiger partial charge in [0.15, 0.2) is 0 Å². The van der Waals surface area contributed by atoms with Gasteiger partial charge >= 0.3 is 0 Å². The van der Waals surface area contributed by atoms with Crippen LogP contribution in [0.1, 0.15) is 37.7 Å². The molecule has 0 saturated heterocycles. The first-order valence-corrected chi connectivity index (χ1v) is 10.7. The Bertz CT molecular complexity index is 718. The zero-order valence-electron chi connectivity index (χ0n) is 15.0. The Kier molecular flexibility index (Phi) is 7.01. The van der Waals surface area contributed by atoms with Crippen molar-refractivity contribution in [2.75, 3.05) is 26.0 Å². The number of hydrogen-bond donors (Lipinski definition) is 1. The number of aryl methyl sites for hydroxylation is 1. The minimum Gasteiger partial charge on any atom is -0.325 e. The number of carbonyl (C=O) groups is 1. The number of nitrogens with one attached hydrogen (secondary N) is 1. The highest BCUT2D eigenvalue weighted by Crippen LogP contribution is 2.24. The molecule has 0 unspecified atom stereocenters. The van der Waals surface area contributed by atoms with Crippen molar-refractivity contribution in [2.45, 2.75) is 45.1 Å². The first-order valence-electron chi connectivity index (χ1n) is 8.47. The van der Waals surface area contributed by atoms with Gasteiger partial charge in [0.25, 0.3) is 10.2 Å². The van der Waals surface area contributed by atoms with Crippen LogP contribution in [0.3, 0.4) is 0 Å². The van der Waals surface area contributed by atoms with Gasteiger partial charge in [-0.2, -0.15) is 17.0 Å². The molecule has 1 saturated carbocycles. The van der Waals surface area contributed by atoms with Crippen molar-refractivity contribution in [1.29, 1.82) is 0 Å². The summed E-state index contributed by atoms with van der Waals surface area (Å²) in [4.78, 5) is 12.3. The topological polar surface area (TPSA) is 69.7 Å². The summed E-state index contributed by atoms with van der Waals surface area (Å²) in [5, 5.41) is 2.77. The molecule has 0 aliphatic heterocycles. The van der Waals surface area contributed by atoms with E-state index in [1.807, 2.05) is 19.1 Å². The van der Waals surface area contributed by atoms with Crippen LogP contribution < -0.4 is 5.32 Å². The number of rotatable bonds is 6. The van der Waals surface area contributed by atoms with Crippen LogP contribution in [-0.4, -0.2) is 49.6 Å². The summed E-state index contributed by atoms with van der Waals surface area (Å²) < 4.78 is 28.9. The second-order valence-electron chi connectivity index (χ2n) is 6.58. The molecule has 8 heteroatoms. The average molecular weight is 432 g/mol. The third kappa shape index (κ3) is 5.26. The van der Waals surface area contributed by atoms with Crippen LogP contribution >= 0.6 is 15.9 Å². The van der Waals surface area contributed by atoms with E-state index < -0.39 is 10.2 Å². The fourth-order valence-corrected chi connectivity index (χ4v) is 4.88. The highest BCUT2D eigenvalue weighted by Gasteiger charge is 2.31. The number of amides is 1. The van der Waals surface area contributed by atoms with Gasteiger partial charge < -0.3 is 5.32 Å². The summed E-state index contributed by atoms with van der Waals surface area (Å²) >= 11 is 3.38. The Morgan fingerprint density at radius 2 is 1.88 bits per heavy atom. The van der Waals surface area contributed by atoms with E-state index in [2.05, 4.69) is 21.2 Å². The highest BCUT2D eigenvalue weighted by molar-refractivity contribution is 9.10. The summed E-state index contributed by atoms with van der Waals surface area (Å²) in [6.45, 7) is 1.67. The molecule has 1 aliphatic rings. The summed E-state index contributed by atoms with van der Waals surface area (Å²) in [7, 11) is -0.588. The standard InChI is InChI=1S/C17H26BrN3O3S/c1-13-11-14(18)9-10-16(13)19-17(22)12-20(2)25(23,24)21(3)15-7-5-4-6-8-15/h9-11,15H,4-8,12H2,1-3H3,(H,19,22). The largest absolute Gasteiger partial charge is 0.325 e. The van der Waals surface area contributed by atoms with E-state index in [-0.39, 0.29) is 18.5 Å². The van der Waals surface area contributed by atoms with Crippen molar-refractivity contribution in [1.82, 2.24) is 8.61 Å². The number of nitrogens with zero attached hydrogens (tertiary/aromatic N) is 2. The zero-order chi connectivity index (χ0) is 18.6. The lowest BCUT2D eigenvalue weighted by atomic mass is 9.96. The third-order valence-corrected chi connectivity index (χ3v) is 7.11. The van der Waals surface area contributed by atoms with Crippen molar-refractivity contribution >= 4 is 37.7 Å². The Hall–Kier alpha value is -0.960. The van der Waals surface area contributed by atoms with Gasteiger partial charge in [-0.3, -0.25) is 4.79 Å². The van der Waals surface area contributed by atoms with Gasteiger partial charge in [-0.05, 0) is 43.5 Å². The van der Waals surface area contributed by atoms with E-state index in [1.54, 1.807) is 13.1 Å². The predicted octanol–water partition coefficient (Wildman–Crippen LogP) is 3.14. The normalized spacial score (nSPS) is 16.4. The van der Waals surface area contributed by atoms with Gasteiger partial charge in [0.05, 0.1) is 6.54 Å². The molecule has 1 amide bonds. The summed E-state index contributed by atoms with van der Waals surface area (Å²) in [5.41, 5.74) is 1.59. The molecule has 0 heterocycles. The highest BCUT2D eigenvalue weighted by atomic mass is 79.9. The van der Waals surface area contributed by atoms with E-state index in [0.29, 0.717) is 5.69 Å². The van der Waals surface area contributed by atoms with Gasteiger partial charge in [-0.15, -0.1) is 0 Å². The Morgan fingerprint density at radius 1 is 1.24 bits per heavy atom. The molecule has 2 rings (SSSR count). The first-order chi connectivity index (χ1) is 11.7. The number of hydrogen-bond acceptors (Lipinski definition) is 3.